The number of ether oxygens (including phenoxy) is 2. The summed E-state index contributed by atoms with van der Waals surface area (Å²) < 4.78 is 10.5. The number of rotatable bonds is 4. The Bertz CT molecular complexity index is 516. The first-order valence-electron chi connectivity index (χ1n) is 7.48. The number of aromatic nitrogens is 2. The van der Waals surface area contributed by atoms with Gasteiger partial charge in [0.2, 0.25) is 5.88 Å². The monoisotopic (exact) mass is 308 g/mol. The molecule has 2 heterocycles. The Morgan fingerprint density at radius 3 is 2.91 bits per heavy atom. The molecule has 1 fully saturated rings. The maximum Gasteiger partial charge on any atom is 0.410 e. The fourth-order valence-corrected chi connectivity index (χ4v) is 2.38. The number of hydrogen-bond acceptors (Lipinski definition) is 6. The van der Waals surface area contributed by atoms with Crippen molar-refractivity contribution in [2.75, 3.05) is 25.5 Å². The van der Waals surface area contributed by atoms with Gasteiger partial charge in [0.15, 0.2) is 0 Å². The fourth-order valence-electron chi connectivity index (χ4n) is 2.38. The van der Waals surface area contributed by atoms with Crippen molar-refractivity contribution in [3.05, 3.63) is 12.4 Å². The Morgan fingerprint density at radius 2 is 2.23 bits per heavy atom. The molecule has 0 radical (unpaired) electrons. The van der Waals surface area contributed by atoms with Gasteiger partial charge in [-0.05, 0) is 33.6 Å². The van der Waals surface area contributed by atoms with Crippen LogP contribution in [-0.4, -0.2) is 52.8 Å². The lowest BCUT2D eigenvalue weighted by molar-refractivity contribution is 0.0235. The van der Waals surface area contributed by atoms with E-state index in [2.05, 4.69) is 15.3 Å². The first kappa shape index (κ1) is 16.3. The maximum absolute atomic E-state index is 12.2. The van der Waals surface area contributed by atoms with Crippen LogP contribution in [0.3, 0.4) is 0 Å². The summed E-state index contributed by atoms with van der Waals surface area (Å²) in [6, 6.07) is 1.84. The first-order valence-corrected chi connectivity index (χ1v) is 7.48. The topological polar surface area (TPSA) is 76.6 Å². The molecule has 7 nitrogen and oxygen atoms in total. The summed E-state index contributed by atoms with van der Waals surface area (Å²) in [5.74, 6) is 1.19. The third-order valence-electron chi connectivity index (χ3n) is 3.38. The van der Waals surface area contributed by atoms with Gasteiger partial charge in [0.05, 0.1) is 13.2 Å². The molecule has 2 rings (SSSR count). The van der Waals surface area contributed by atoms with Crippen molar-refractivity contribution in [1.82, 2.24) is 14.9 Å². The van der Waals surface area contributed by atoms with Crippen molar-refractivity contribution in [3.63, 3.8) is 0 Å². The number of nitrogens with one attached hydrogen (secondary N) is 1. The summed E-state index contributed by atoms with van der Waals surface area (Å²) in [5.41, 5.74) is -0.475. The molecule has 0 spiro atoms. The van der Waals surface area contributed by atoms with E-state index in [1.54, 1.807) is 18.1 Å². The van der Waals surface area contributed by atoms with E-state index in [1.807, 2.05) is 20.8 Å². The van der Waals surface area contributed by atoms with Crippen LogP contribution in [-0.2, 0) is 4.74 Å². The zero-order chi connectivity index (χ0) is 16.2. The Labute approximate surface area is 131 Å². The van der Waals surface area contributed by atoms with E-state index in [0.29, 0.717) is 18.2 Å². The van der Waals surface area contributed by atoms with Crippen LogP contribution in [0.15, 0.2) is 12.4 Å². The van der Waals surface area contributed by atoms with Gasteiger partial charge in [-0.15, -0.1) is 0 Å². The molecular weight excluding hydrogens is 284 g/mol. The lowest BCUT2D eigenvalue weighted by Crippen LogP contribution is -2.42. The second-order valence-corrected chi connectivity index (χ2v) is 6.30. The minimum absolute atomic E-state index is 0.107. The molecule has 1 aromatic rings. The zero-order valence-electron chi connectivity index (χ0n) is 13.6. The number of likely N-dealkylation sites (tertiary alicyclic amines) is 1. The summed E-state index contributed by atoms with van der Waals surface area (Å²) >= 11 is 0. The van der Waals surface area contributed by atoms with Crippen molar-refractivity contribution in [2.45, 2.75) is 45.3 Å². The van der Waals surface area contributed by atoms with Crippen LogP contribution < -0.4 is 10.1 Å². The second-order valence-electron chi connectivity index (χ2n) is 6.30. The highest BCUT2D eigenvalue weighted by molar-refractivity contribution is 5.69. The number of hydrogen-bond donors (Lipinski definition) is 1. The third kappa shape index (κ3) is 4.47. The molecule has 0 aromatic carbocycles. The summed E-state index contributed by atoms with van der Waals surface area (Å²) in [6.07, 6.45) is 3.13. The largest absolute Gasteiger partial charge is 0.481 e. The van der Waals surface area contributed by atoms with Crippen LogP contribution in [0.2, 0.25) is 0 Å². The van der Waals surface area contributed by atoms with Gasteiger partial charge >= 0.3 is 6.09 Å². The highest BCUT2D eigenvalue weighted by Crippen LogP contribution is 2.21. The molecule has 22 heavy (non-hydrogen) atoms. The number of carbonyl (C=O) groups is 1. The highest BCUT2D eigenvalue weighted by Gasteiger charge is 2.31. The predicted molar refractivity (Wildman–Crippen MR) is 83.0 cm³/mol. The minimum atomic E-state index is -0.475. The number of carbonyl (C=O) groups excluding carboxylic acids is 1. The van der Waals surface area contributed by atoms with Gasteiger partial charge in [0, 0.05) is 19.2 Å². The second kappa shape index (κ2) is 6.81. The Balaban J connectivity index is 1.92. The summed E-state index contributed by atoms with van der Waals surface area (Å²) in [6.45, 7) is 6.98. The minimum Gasteiger partial charge on any atom is -0.481 e. The quantitative estimate of drug-likeness (QED) is 0.919. The van der Waals surface area contributed by atoms with E-state index in [4.69, 9.17) is 9.47 Å². The third-order valence-corrected chi connectivity index (χ3v) is 3.38. The number of amides is 1. The first-order chi connectivity index (χ1) is 10.4. The van der Waals surface area contributed by atoms with Crippen LogP contribution in [0, 0.1) is 0 Å². The van der Waals surface area contributed by atoms with E-state index in [9.17, 15) is 4.79 Å². The molecule has 122 valence electrons. The standard InChI is InChI=1S/C15H24N4O3/c1-15(2,3)22-14(20)19-7-5-6-11(19)9-16-12-8-13(21-4)18-10-17-12/h8,10-11H,5-7,9H2,1-4H3,(H,16,17,18)/t11-/m0/s1. The molecular formula is C15H24N4O3. The van der Waals surface area contributed by atoms with Gasteiger partial charge in [0.25, 0.3) is 0 Å². The van der Waals surface area contributed by atoms with Gasteiger partial charge in [-0.3, -0.25) is 0 Å². The average Bonchev–Trinajstić information content (AvgIpc) is 2.92. The Kier molecular flexibility index (Phi) is 5.05. The number of anilines is 1. The van der Waals surface area contributed by atoms with Gasteiger partial charge in [0.1, 0.15) is 17.7 Å². The Morgan fingerprint density at radius 1 is 1.45 bits per heavy atom. The van der Waals surface area contributed by atoms with Crippen LogP contribution in [0.5, 0.6) is 5.88 Å². The van der Waals surface area contributed by atoms with Gasteiger partial charge in [-0.1, -0.05) is 0 Å². The average molecular weight is 308 g/mol. The van der Waals surface area contributed by atoms with E-state index in [0.717, 1.165) is 19.4 Å². The van der Waals surface area contributed by atoms with E-state index < -0.39 is 5.60 Å². The lowest BCUT2D eigenvalue weighted by Gasteiger charge is -2.28. The van der Waals surface area contributed by atoms with Crippen molar-refractivity contribution in [2.24, 2.45) is 0 Å². The van der Waals surface area contributed by atoms with Crippen LogP contribution in [0.25, 0.3) is 0 Å². The van der Waals surface area contributed by atoms with E-state index in [-0.39, 0.29) is 12.1 Å². The molecule has 0 bridgehead atoms. The zero-order valence-corrected chi connectivity index (χ0v) is 13.6. The van der Waals surface area contributed by atoms with Crippen molar-refractivity contribution in [3.8, 4) is 5.88 Å². The summed E-state index contributed by atoms with van der Waals surface area (Å²) in [4.78, 5) is 22.1. The van der Waals surface area contributed by atoms with Crippen molar-refractivity contribution in [1.29, 1.82) is 0 Å². The summed E-state index contributed by atoms with van der Waals surface area (Å²) in [5, 5.41) is 3.23. The molecule has 0 unspecified atom stereocenters. The number of nitrogens with zero attached hydrogens (tertiary/aromatic N) is 3. The number of methoxy groups -OCH3 is 1. The normalized spacial score (nSPS) is 18.2. The molecule has 1 amide bonds. The predicted octanol–water partition coefficient (Wildman–Crippen LogP) is 2.30. The molecule has 1 atom stereocenters. The van der Waals surface area contributed by atoms with Crippen molar-refractivity contribution >= 4 is 11.9 Å². The fraction of sp³-hybridized carbons (Fsp3) is 0.667. The molecule has 1 aliphatic heterocycles. The van der Waals surface area contributed by atoms with Crippen LogP contribution in [0.4, 0.5) is 10.6 Å². The lowest BCUT2D eigenvalue weighted by atomic mass is 10.2. The molecule has 7 heteroatoms. The summed E-state index contributed by atoms with van der Waals surface area (Å²) in [7, 11) is 1.56. The molecule has 1 aliphatic rings. The van der Waals surface area contributed by atoms with E-state index in [1.165, 1.54) is 6.33 Å². The van der Waals surface area contributed by atoms with E-state index >= 15 is 0 Å². The van der Waals surface area contributed by atoms with Gasteiger partial charge in [-0.2, -0.15) is 0 Å². The molecule has 1 N–H and O–H groups in total. The van der Waals surface area contributed by atoms with Gasteiger partial charge < -0.3 is 19.7 Å². The van der Waals surface area contributed by atoms with Crippen LogP contribution in [0.1, 0.15) is 33.6 Å². The van der Waals surface area contributed by atoms with Gasteiger partial charge in [-0.25, -0.2) is 14.8 Å². The Hall–Kier alpha value is -2.05. The highest BCUT2D eigenvalue weighted by atomic mass is 16.6. The molecule has 0 aliphatic carbocycles. The molecule has 1 saturated heterocycles. The SMILES string of the molecule is COc1cc(NC[C@@H]2CCCN2C(=O)OC(C)(C)C)ncn1. The molecule has 0 saturated carbocycles. The van der Waals surface area contributed by atoms with Crippen LogP contribution >= 0.6 is 0 Å². The van der Waals surface area contributed by atoms with Crippen molar-refractivity contribution < 1.29 is 14.3 Å². The molecule has 1 aromatic heterocycles. The smallest absolute Gasteiger partial charge is 0.410 e. The maximum atomic E-state index is 12.2.